The molecule has 0 radical (unpaired) electrons. The van der Waals surface area contributed by atoms with E-state index in [0.717, 1.165) is 0 Å². The molecule has 2 N–H and O–H groups in total. The summed E-state index contributed by atoms with van der Waals surface area (Å²) in [5.74, 6) is -4.16. The molecule has 0 bridgehead atoms. The number of nitrogens with one attached hydrogen (secondary N) is 1. The quantitative estimate of drug-likeness (QED) is 0.617. The number of amides is 1. The first kappa shape index (κ1) is 15.9. The lowest BCUT2D eigenvalue weighted by atomic mass is 10.1. The van der Waals surface area contributed by atoms with Gasteiger partial charge in [0.1, 0.15) is 22.9 Å². The van der Waals surface area contributed by atoms with Crippen molar-refractivity contribution in [2.75, 3.05) is 13.2 Å². The summed E-state index contributed by atoms with van der Waals surface area (Å²) >= 11 is 0. The Balaban J connectivity index is 2.50. The van der Waals surface area contributed by atoms with Gasteiger partial charge in [0.15, 0.2) is 0 Å². The van der Waals surface area contributed by atoms with Gasteiger partial charge >= 0.3 is 5.97 Å². The number of phenols is 1. The van der Waals surface area contributed by atoms with Crippen LogP contribution in [0.15, 0.2) is 12.1 Å². The molecule has 110 valence electrons. The highest BCUT2D eigenvalue weighted by molar-refractivity contribution is 5.97. The summed E-state index contributed by atoms with van der Waals surface area (Å²) < 4.78 is 30.8. The highest BCUT2D eigenvalue weighted by Crippen LogP contribution is 2.21. The number of carbonyl (C=O) groups excluding carboxylic acids is 2. The maximum Gasteiger partial charge on any atom is 0.305 e. The van der Waals surface area contributed by atoms with Crippen molar-refractivity contribution in [3.63, 3.8) is 0 Å². The highest BCUT2D eigenvalue weighted by Gasteiger charge is 2.18. The molecule has 0 saturated carbocycles. The number of esters is 1. The van der Waals surface area contributed by atoms with Gasteiger partial charge in [0.25, 0.3) is 5.91 Å². The Morgan fingerprint density at radius 1 is 1.35 bits per heavy atom. The van der Waals surface area contributed by atoms with Crippen LogP contribution in [0.1, 0.15) is 30.1 Å². The summed E-state index contributed by atoms with van der Waals surface area (Å²) in [6.45, 7) is 2.06. The van der Waals surface area contributed by atoms with Crippen molar-refractivity contribution >= 4 is 11.9 Å². The van der Waals surface area contributed by atoms with E-state index < -0.39 is 34.8 Å². The fourth-order valence-corrected chi connectivity index (χ4v) is 1.54. The van der Waals surface area contributed by atoms with Gasteiger partial charge in [0.2, 0.25) is 0 Å². The molecule has 1 aromatic carbocycles. The van der Waals surface area contributed by atoms with E-state index in [1.807, 2.05) is 0 Å². The minimum atomic E-state index is -1.15. The van der Waals surface area contributed by atoms with Crippen LogP contribution in [0, 0.1) is 11.6 Å². The molecule has 5 nitrogen and oxygen atoms in total. The van der Waals surface area contributed by atoms with Crippen molar-refractivity contribution < 1.29 is 28.2 Å². The predicted molar refractivity (Wildman–Crippen MR) is 66.2 cm³/mol. The van der Waals surface area contributed by atoms with Crippen LogP contribution >= 0.6 is 0 Å². The molecule has 0 saturated heterocycles. The zero-order valence-electron chi connectivity index (χ0n) is 10.9. The topological polar surface area (TPSA) is 75.6 Å². The first-order valence-electron chi connectivity index (χ1n) is 6.07. The third-order valence-electron chi connectivity index (χ3n) is 2.41. The maximum atomic E-state index is 13.4. The minimum absolute atomic E-state index is 0.105. The molecule has 0 heterocycles. The average molecular weight is 287 g/mol. The second kappa shape index (κ2) is 7.42. The summed E-state index contributed by atoms with van der Waals surface area (Å²) in [4.78, 5) is 22.6. The third-order valence-corrected chi connectivity index (χ3v) is 2.41. The molecule has 20 heavy (non-hydrogen) atoms. The summed E-state index contributed by atoms with van der Waals surface area (Å²) in [6, 6.07) is 1.16. The number of benzene rings is 1. The van der Waals surface area contributed by atoms with Crippen molar-refractivity contribution in [1.29, 1.82) is 0 Å². The Morgan fingerprint density at radius 3 is 2.65 bits per heavy atom. The monoisotopic (exact) mass is 287 g/mol. The molecular weight excluding hydrogens is 272 g/mol. The zero-order valence-corrected chi connectivity index (χ0v) is 10.9. The van der Waals surface area contributed by atoms with E-state index in [2.05, 4.69) is 5.32 Å². The molecule has 7 heteroatoms. The molecule has 0 aliphatic carbocycles. The van der Waals surface area contributed by atoms with Gasteiger partial charge in [0.05, 0.1) is 6.61 Å². The van der Waals surface area contributed by atoms with Crippen LogP contribution in [0.4, 0.5) is 8.78 Å². The van der Waals surface area contributed by atoms with E-state index in [1.165, 1.54) is 0 Å². The van der Waals surface area contributed by atoms with Gasteiger partial charge in [-0.25, -0.2) is 8.78 Å². The summed E-state index contributed by atoms with van der Waals surface area (Å²) in [5.41, 5.74) is -0.623. The van der Waals surface area contributed by atoms with E-state index in [0.29, 0.717) is 18.6 Å². The molecule has 1 aromatic rings. The van der Waals surface area contributed by atoms with Crippen LogP contribution in [-0.2, 0) is 9.53 Å². The van der Waals surface area contributed by atoms with Gasteiger partial charge in [-0.15, -0.1) is 0 Å². The normalized spacial score (nSPS) is 10.2. The van der Waals surface area contributed by atoms with E-state index >= 15 is 0 Å². The van der Waals surface area contributed by atoms with Crippen LogP contribution in [0.3, 0.4) is 0 Å². The molecule has 0 aliphatic rings. The molecule has 0 aliphatic heterocycles. The van der Waals surface area contributed by atoms with Gasteiger partial charge in [-0.3, -0.25) is 9.59 Å². The van der Waals surface area contributed by atoms with Crippen LogP contribution < -0.4 is 5.32 Å². The van der Waals surface area contributed by atoms with E-state index in [4.69, 9.17) is 4.74 Å². The first-order valence-corrected chi connectivity index (χ1v) is 6.07. The fourth-order valence-electron chi connectivity index (χ4n) is 1.54. The Morgan fingerprint density at radius 2 is 2.05 bits per heavy atom. The lowest BCUT2D eigenvalue weighted by molar-refractivity contribution is -0.143. The number of carbonyl (C=O) groups is 2. The molecule has 1 rings (SSSR count). The third kappa shape index (κ3) is 4.49. The number of ether oxygens (including phenoxy) is 1. The molecule has 1 amide bonds. The SMILES string of the molecule is CCOC(=O)CCCNC(=O)c1c(O)cc(F)cc1F. The van der Waals surface area contributed by atoms with Crippen molar-refractivity contribution in [3.8, 4) is 5.75 Å². The fraction of sp³-hybridized carbons (Fsp3) is 0.385. The van der Waals surface area contributed by atoms with Crippen molar-refractivity contribution in [2.24, 2.45) is 0 Å². The summed E-state index contributed by atoms with van der Waals surface area (Å²) in [7, 11) is 0. The van der Waals surface area contributed by atoms with Gasteiger partial charge < -0.3 is 15.2 Å². The number of rotatable bonds is 6. The Bertz CT molecular complexity index is 482. The van der Waals surface area contributed by atoms with Crippen molar-refractivity contribution in [1.82, 2.24) is 5.32 Å². The van der Waals surface area contributed by atoms with Gasteiger partial charge in [-0.05, 0) is 13.3 Å². The molecule has 0 atom stereocenters. The molecule has 0 unspecified atom stereocenters. The molecule has 0 spiro atoms. The Labute approximate surface area is 114 Å². The number of halogens is 2. The van der Waals surface area contributed by atoms with Crippen LogP contribution in [-0.4, -0.2) is 30.1 Å². The van der Waals surface area contributed by atoms with E-state index in [1.54, 1.807) is 6.92 Å². The predicted octanol–water partition coefficient (Wildman–Crippen LogP) is 1.74. The lowest BCUT2D eigenvalue weighted by Gasteiger charge is -2.08. The van der Waals surface area contributed by atoms with Crippen LogP contribution in [0.25, 0.3) is 0 Å². The second-order valence-corrected chi connectivity index (χ2v) is 3.95. The van der Waals surface area contributed by atoms with Crippen LogP contribution in [0.2, 0.25) is 0 Å². The minimum Gasteiger partial charge on any atom is -0.507 e. The number of hydrogen-bond acceptors (Lipinski definition) is 4. The lowest BCUT2D eigenvalue weighted by Crippen LogP contribution is -2.26. The van der Waals surface area contributed by atoms with Gasteiger partial charge in [-0.2, -0.15) is 0 Å². The van der Waals surface area contributed by atoms with Crippen molar-refractivity contribution in [3.05, 3.63) is 29.3 Å². The van der Waals surface area contributed by atoms with Gasteiger partial charge in [0, 0.05) is 25.1 Å². The van der Waals surface area contributed by atoms with Crippen molar-refractivity contribution in [2.45, 2.75) is 19.8 Å². The molecular formula is C13H15F2NO4. The largest absolute Gasteiger partial charge is 0.507 e. The number of aromatic hydroxyl groups is 1. The average Bonchev–Trinajstić information content (AvgIpc) is 2.33. The summed E-state index contributed by atoms with van der Waals surface area (Å²) in [5, 5.41) is 11.7. The van der Waals surface area contributed by atoms with E-state index in [9.17, 15) is 23.5 Å². The smallest absolute Gasteiger partial charge is 0.305 e. The molecule has 0 aromatic heterocycles. The summed E-state index contributed by atoms with van der Waals surface area (Å²) in [6.07, 6.45) is 0.431. The maximum absolute atomic E-state index is 13.4. The standard InChI is InChI=1S/C13H15F2NO4/c1-2-20-11(18)4-3-5-16-13(19)12-9(15)6-8(14)7-10(12)17/h6-7,17H,2-5H2,1H3,(H,16,19). The van der Waals surface area contributed by atoms with E-state index in [-0.39, 0.29) is 19.6 Å². The zero-order chi connectivity index (χ0) is 15.1. The first-order chi connectivity index (χ1) is 9.45. The second-order valence-electron chi connectivity index (χ2n) is 3.95. The Kier molecular flexibility index (Phi) is 5.89. The number of phenolic OH excluding ortho intramolecular Hbond substituents is 1. The molecule has 0 fully saturated rings. The highest BCUT2D eigenvalue weighted by atomic mass is 19.1. The van der Waals surface area contributed by atoms with Crippen LogP contribution in [0.5, 0.6) is 5.75 Å². The van der Waals surface area contributed by atoms with Gasteiger partial charge in [-0.1, -0.05) is 0 Å². The Hall–Kier alpha value is -2.18. The number of hydrogen-bond donors (Lipinski definition) is 2.